The molecular formula is C25H28N6O2S. The molecule has 34 heavy (non-hydrogen) atoms. The summed E-state index contributed by atoms with van der Waals surface area (Å²) in [6.45, 7) is 1.69. The lowest BCUT2D eigenvalue weighted by atomic mass is 10.1. The zero-order valence-electron chi connectivity index (χ0n) is 19.0. The Kier molecular flexibility index (Phi) is 6.57. The number of aliphatic hydroxyl groups excluding tert-OH is 1. The van der Waals surface area contributed by atoms with Crippen LogP contribution in [0.5, 0.6) is 0 Å². The van der Waals surface area contributed by atoms with Crippen molar-refractivity contribution >= 4 is 33.3 Å². The molecule has 1 fully saturated rings. The number of likely N-dealkylation sites (N-methyl/N-ethyl adjacent to an activating group) is 1. The Morgan fingerprint density at radius 1 is 1.18 bits per heavy atom. The normalized spacial score (nSPS) is 16.9. The second-order valence-corrected chi connectivity index (χ2v) is 9.54. The van der Waals surface area contributed by atoms with Crippen LogP contribution in [0.25, 0.3) is 20.8 Å². The van der Waals surface area contributed by atoms with Gasteiger partial charge in [0.05, 0.1) is 22.9 Å². The number of aliphatic hydroxyl groups is 1. The van der Waals surface area contributed by atoms with Crippen molar-refractivity contribution in [2.24, 2.45) is 0 Å². The Bertz CT molecular complexity index is 1280. The van der Waals surface area contributed by atoms with Gasteiger partial charge in [0.2, 0.25) is 5.95 Å². The number of aromatic amines is 1. The van der Waals surface area contributed by atoms with Gasteiger partial charge in [-0.25, -0.2) is 4.98 Å². The summed E-state index contributed by atoms with van der Waals surface area (Å²) in [6.07, 6.45) is 2.06. The minimum atomic E-state index is -0.346. The molecule has 0 bridgehead atoms. The van der Waals surface area contributed by atoms with E-state index in [-0.39, 0.29) is 24.2 Å². The first-order valence-corrected chi connectivity index (χ1v) is 12.3. The van der Waals surface area contributed by atoms with Crippen LogP contribution in [0.4, 0.5) is 11.8 Å². The zero-order chi connectivity index (χ0) is 23.5. The van der Waals surface area contributed by atoms with Crippen LogP contribution in [-0.2, 0) is 0 Å². The molecule has 0 spiro atoms. The molecule has 176 valence electrons. The summed E-state index contributed by atoms with van der Waals surface area (Å²) >= 11 is 1.48. The Labute approximate surface area is 201 Å². The third-order valence-corrected chi connectivity index (χ3v) is 7.27. The molecule has 1 saturated heterocycles. The molecule has 8 nitrogen and oxygen atoms in total. The number of anilines is 2. The zero-order valence-corrected chi connectivity index (χ0v) is 19.8. The van der Waals surface area contributed by atoms with Crippen molar-refractivity contribution in [2.75, 3.05) is 37.0 Å². The highest BCUT2D eigenvalue weighted by atomic mass is 32.1. The van der Waals surface area contributed by atoms with Crippen molar-refractivity contribution in [1.82, 2.24) is 20.3 Å². The van der Waals surface area contributed by atoms with Crippen molar-refractivity contribution in [1.29, 1.82) is 0 Å². The first-order chi connectivity index (χ1) is 16.6. The van der Waals surface area contributed by atoms with E-state index in [0.717, 1.165) is 41.7 Å². The van der Waals surface area contributed by atoms with E-state index in [2.05, 4.69) is 15.6 Å². The van der Waals surface area contributed by atoms with Crippen LogP contribution < -0.4 is 21.1 Å². The highest BCUT2D eigenvalue weighted by Gasteiger charge is 2.24. The standard InChI is InChI=1S/C25H28N6O2S/c1-31(19(15-32)16-8-3-2-4-9-16)25-29-22(27-17-10-7-13-26-14-17)21(23(33)30-25)24-28-18-11-5-6-12-20(18)34-24/h2-6,8-9,11-12,17,19,26,32H,7,10,13-15H2,1H3,(H2,27,29,30,33)/t17-,19+/m1/s1. The maximum Gasteiger partial charge on any atom is 0.264 e. The number of benzene rings is 2. The summed E-state index contributed by atoms with van der Waals surface area (Å²) in [6, 6.07) is 17.4. The lowest BCUT2D eigenvalue weighted by Crippen LogP contribution is -2.39. The first kappa shape index (κ1) is 22.5. The molecule has 4 aromatic rings. The lowest BCUT2D eigenvalue weighted by molar-refractivity contribution is 0.263. The predicted molar refractivity (Wildman–Crippen MR) is 138 cm³/mol. The molecule has 0 unspecified atom stereocenters. The van der Waals surface area contributed by atoms with E-state index in [1.54, 1.807) is 0 Å². The fourth-order valence-corrected chi connectivity index (χ4v) is 5.36. The van der Waals surface area contributed by atoms with Crippen LogP contribution in [0, 0.1) is 0 Å². The second kappa shape index (κ2) is 9.92. The summed E-state index contributed by atoms with van der Waals surface area (Å²) < 4.78 is 1.02. The maximum absolute atomic E-state index is 13.5. The lowest BCUT2D eigenvalue weighted by Gasteiger charge is -2.29. The molecule has 2 aromatic heterocycles. The molecule has 2 aromatic carbocycles. The highest BCUT2D eigenvalue weighted by molar-refractivity contribution is 7.21. The molecule has 2 atom stereocenters. The Balaban J connectivity index is 1.58. The molecule has 5 rings (SSSR count). The molecule has 0 aliphatic carbocycles. The van der Waals surface area contributed by atoms with Gasteiger partial charge in [-0.15, -0.1) is 11.3 Å². The van der Waals surface area contributed by atoms with E-state index < -0.39 is 0 Å². The van der Waals surface area contributed by atoms with Crippen molar-refractivity contribution in [3.05, 3.63) is 70.5 Å². The average molecular weight is 477 g/mol. The van der Waals surface area contributed by atoms with Crippen molar-refractivity contribution < 1.29 is 5.11 Å². The quantitative estimate of drug-likeness (QED) is 0.324. The number of nitrogens with zero attached hydrogens (tertiary/aromatic N) is 3. The minimum Gasteiger partial charge on any atom is -0.394 e. The van der Waals surface area contributed by atoms with Crippen LogP contribution in [0.3, 0.4) is 0 Å². The molecule has 9 heteroatoms. The van der Waals surface area contributed by atoms with Crippen molar-refractivity contribution in [3.63, 3.8) is 0 Å². The third-order valence-electron chi connectivity index (χ3n) is 6.21. The maximum atomic E-state index is 13.5. The van der Waals surface area contributed by atoms with E-state index in [4.69, 9.17) is 9.97 Å². The number of aromatic nitrogens is 3. The number of piperidine rings is 1. The SMILES string of the molecule is CN(c1nc(N[C@@H]2CCCNC2)c(-c2nc3ccccc3s2)c(=O)[nH]1)[C@@H](CO)c1ccccc1. The molecule has 3 heterocycles. The van der Waals surface area contributed by atoms with Gasteiger partial charge in [0.15, 0.2) is 0 Å². The largest absolute Gasteiger partial charge is 0.394 e. The van der Waals surface area contributed by atoms with Gasteiger partial charge in [-0.2, -0.15) is 4.98 Å². The van der Waals surface area contributed by atoms with Crippen molar-refractivity contribution in [3.8, 4) is 10.6 Å². The average Bonchev–Trinajstić information content (AvgIpc) is 3.29. The molecule has 1 aliphatic heterocycles. The fourth-order valence-electron chi connectivity index (χ4n) is 4.35. The van der Waals surface area contributed by atoms with Crippen LogP contribution in [-0.4, -0.2) is 52.8 Å². The summed E-state index contributed by atoms with van der Waals surface area (Å²) in [4.78, 5) is 27.8. The number of fused-ring (bicyclic) bond motifs is 1. The van der Waals surface area contributed by atoms with Crippen LogP contribution in [0.1, 0.15) is 24.4 Å². The Morgan fingerprint density at radius 2 is 1.97 bits per heavy atom. The van der Waals surface area contributed by atoms with Gasteiger partial charge in [-0.05, 0) is 37.1 Å². The number of hydrogen-bond donors (Lipinski definition) is 4. The van der Waals surface area contributed by atoms with Gasteiger partial charge < -0.3 is 20.6 Å². The van der Waals surface area contributed by atoms with E-state index in [9.17, 15) is 9.90 Å². The molecule has 0 radical (unpaired) electrons. The number of nitrogens with one attached hydrogen (secondary N) is 3. The van der Waals surface area contributed by atoms with Gasteiger partial charge in [-0.3, -0.25) is 9.78 Å². The Morgan fingerprint density at radius 3 is 2.71 bits per heavy atom. The van der Waals surface area contributed by atoms with E-state index in [0.29, 0.717) is 22.3 Å². The predicted octanol–water partition coefficient (Wildman–Crippen LogP) is 3.38. The highest BCUT2D eigenvalue weighted by Crippen LogP contribution is 2.33. The van der Waals surface area contributed by atoms with E-state index in [1.165, 1.54) is 11.3 Å². The molecule has 0 saturated carbocycles. The van der Waals surface area contributed by atoms with Crippen LogP contribution >= 0.6 is 11.3 Å². The first-order valence-electron chi connectivity index (χ1n) is 11.5. The third kappa shape index (κ3) is 4.54. The van der Waals surface area contributed by atoms with Gasteiger partial charge in [0.1, 0.15) is 16.4 Å². The molecule has 4 N–H and O–H groups in total. The number of rotatable bonds is 7. The topological polar surface area (TPSA) is 106 Å². The van der Waals surface area contributed by atoms with Crippen LogP contribution in [0.2, 0.25) is 0 Å². The Hall–Kier alpha value is -3.27. The molecule has 1 aliphatic rings. The number of thiazole rings is 1. The number of hydrogen-bond acceptors (Lipinski definition) is 8. The summed E-state index contributed by atoms with van der Waals surface area (Å²) in [5, 5.41) is 17.7. The second-order valence-electron chi connectivity index (χ2n) is 8.51. The van der Waals surface area contributed by atoms with Gasteiger partial charge >= 0.3 is 0 Å². The smallest absolute Gasteiger partial charge is 0.264 e. The van der Waals surface area contributed by atoms with E-state index >= 15 is 0 Å². The number of H-pyrrole nitrogens is 1. The van der Waals surface area contributed by atoms with Gasteiger partial charge in [0, 0.05) is 19.6 Å². The van der Waals surface area contributed by atoms with Crippen molar-refractivity contribution in [2.45, 2.75) is 24.9 Å². The summed E-state index contributed by atoms with van der Waals surface area (Å²) in [5.41, 5.74) is 1.99. The van der Waals surface area contributed by atoms with Gasteiger partial charge in [-0.1, -0.05) is 42.5 Å². The fraction of sp³-hybridized carbons (Fsp3) is 0.320. The monoisotopic (exact) mass is 476 g/mol. The number of para-hydroxylation sites is 1. The summed E-state index contributed by atoms with van der Waals surface area (Å²) in [7, 11) is 1.83. The summed E-state index contributed by atoms with van der Waals surface area (Å²) in [5.74, 6) is 0.909. The van der Waals surface area contributed by atoms with Crippen LogP contribution in [0.15, 0.2) is 59.4 Å². The van der Waals surface area contributed by atoms with Gasteiger partial charge in [0.25, 0.3) is 5.56 Å². The molecule has 0 amide bonds. The minimum absolute atomic E-state index is 0.112. The van der Waals surface area contributed by atoms with E-state index in [1.807, 2.05) is 66.5 Å². The molecular weight excluding hydrogens is 448 g/mol.